The van der Waals surface area contributed by atoms with Crippen molar-refractivity contribution < 1.29 is 8.78 Å². The predicted octanol–water partition coefficient (Wildman–Crippen LogP) is 2.58. The van der Waals surface area contributed by atoms with Gasteiger partial charge in [-0.1, -0.05) is 18.2 Å². The molecule has 0 spiro atoms. The molecule has 5 heteroatoms. The Morgan fingerprint density at radius 1 is 1.42 bits per heavy atom. The molecule has 0 saturated carbocycles. The van der Waals surface area contributed by atoms with Crippen molar-refractivity contribution in [1.29, 1.82) is 0 Å². The smallest absolute Gasteiger partial charge is 0.270 e. The Labute approximate surface area is 112 Å². The summed E-state index contributed by atoms with van der Waals surface area (Å²) >= 11 is 0. The molecular formula is C14H19F2N3. The van der Waals surface area contributed by atoms with Crippen molar-refractivity contribution >= 4 is 5.96 Å². The first-order chi connectivity index (χ1) is 9.00. The van der Waals surface area contributed by atoms with E-state index in [1.54, 1.807) is 12.1 Å². The highest BCUT2D eigenvalue weighted by molar-refractivity contribution is 5.81. The fourth-order valence-corrected chi connectivity index (χ4v) is 2.09. The number of halogens is 2. The monoisotopic (exact) mass is 267 g/mol. The molecule has 0 amide bonds. The Balaban J connectivity index is 2.00. The minimum absolute atomic E-state index is 0.0486. The molecule has 0 saturated heterocycles. The van der Waals surface area contributed by atoms with Crippen LogP contribution in [-0.4, -0.2) is 30.5 Å². The molecule has 0 bridgehead atoms. The number of alkyl halides is 2. The van der Waals surface area contributed by atoms with Crippen molar-refractivity contribution in [2.75, 3.05) is 19.6 Å². The highest BCUT2D eigenvalue weighted by Gasteiger charge is 2.24. The van der Waals surface area contributed by atoms with E-state index < -0.39 is 5.92 Å². The maximum absolute atomic E-state index is 13.2. The van der Waals surface area contributed by atoms with Crippen LogP contribution in [0.5, 0.6) is 0 Å². The molecule has 1 heterocycles. The Hall–Kier alpha value is -1.65. The molecule has 1 aliphatic heterocycles. The van der Waals surface area contributed by atoms with E-state index in [0.717, 1.165) is 38.1 Å². The van der Waals surface area contributed by atoms with Crippen molar-refractivity contribution in [2.24, 2.45) is 4.99 Å². The van der Waals surface area contributed by atoms with E-state index >= 15 is 0 Å². The van der Waals surface area contributed by atoms with Gasteiger partial charge in [0.15, 0.2) is 5.96 Å². The van der Waals surface area contributed by atoms with Crippen LogP contribution in [0.15, 0.2) is 29.3 Å². The van der Waals surface area contributed by atoms with Gasteiger partial charge in [0.05, 0.1) is 6.54 Å². The SMILES string of the molecule is CCN1CCN=C1NCc1cccc(C(C)(F)F)c1. The summed E-state index contributed by atoms with van der Waals surface area (Å²) in [6, 6.07) is 6.50. The molecule has 0 fully saturated rings. The van der Waals surface area contributed by atoms with Crippen molar-refractivity contribution in [3.63, 3.8) is 0 Å². The van der Waals surface area contributed by atoms with Gasteiger partial charge in [0.2, 0.25) is 0 Å². The number of hydrogen-bond donors (Lipinski definition) is 1. The van der Waals surface area contributed by atoms with Gasteiger partial charge < -0.3 is 10.2 Å². The van der Waals surface area contributed by atoms with Gasteiger partial charge in [-0.15, -0.1) is 0 Å². The van der Waals surface area contributed by atoms with Crippen LogP contribution < -0.4 is 5.32 Å². The van der Waals surface area contributed by atoms with Gasteiger partial charge >= 0.3 is 0 Å². The largest absolute Gasteiger partial charge is 0.352 e. The summed E-state index contributed by atoms with van der Waals surface area (Å²) in [6.45, 7) is 6.12. The molecule has 19 heavy (non-hydrogen) atoms. The van der Waals surface area contributed by atoms with Gasteiger partial charge in [-0.2, -0.15) is 0 Å². The molecule has 0 unspecified atom stereocenters. The van der Waals surface area contributed by atoms with Crippen molar-refractivity contribution in [3.05, 3.63) is 35.4 Å². The summed E-state index contributed by atoms with van der Waals surface area (Å²) in [6.07, 6.45) is 0. The average Bonchev–Trinajstić information content (AvgIpc) is 2.83. The van der Waals surface area contributed by atoms with Gasteiger partial charge in [-0.3, -0.25) is 4.99 Å². The van der Waals surface area contributed by atoms with Gasteiger partial charge in [0.1, 0.15) is 0 Å². The summed E-state index contributed by atoms with van der Waals surface area (Å²) in [5.74, 6) is -1.94. The lowest BCUT2D eigenvalue weighted by Crippen LogP contribution is -2.37. The summed E-state index contributed by atoms with van der Waals surface area (Å²) in [5, 5.41) is 3.21. The second-order valence-corrected chi connectivity index (χ2v) is 4.73. The number of aliphatic imine (C=N–C) groups is 1. The lowest BCUT2D eigenvalue weighted by Gasteiger charge is -2.19. The van der Waals surface area contributed by atoms with Gasteiger partial charge in [-0.05, 0) is 18.6 Å². The molecule has 3 nitrogen and oxygen atoms in total. The topological polar surface area (TPSA) is 27.6 Å². The number of nitrogens with one attached hydrogen (secondary N) is 1. The first-order valence-electron chi connectivity index (χ1n) is 6.51. The third-order valence-electron chi connectivity index (χ3n) is 3.20. The van der Waals surface area contributed by atoms with Crippen LogP contribution in [0.1, 0.15) is 25.0 Å². The lowest BCUT2D eigenvalue weighted by atomic mass is 10.1. The summed E-state index contributed by atoms with van der Waals surface area (Å²) in [7, 11) is 0. The minimum Gasteiger partial charge on any atom is -0.352 e. The molecule has 1 N–H and O–H groups in total. The number of nitrogens with zero attached hydrogens (tertiary/aromatic N) is 2. The zero-order valence-electron chi connectivity index (χ0n) is 11.3. The van der Waals surface area contributed by atoms with Crippen molar-refractivity contribution in [2.45, 2.75) is 26.3 Å². The minimum atomic E-state index is -2.80. The van der Waals surface area contributed by atoms with E-state index in [4.69, 9.17) is 0 Å². The zero-order chi connectivity index (χ0) is 13.9. The average molecular weight is 267 g/mol. The molecular weight excluding hydrogens is 248 g/mol. The van der Waals surface area contributed by atoms with E-state index in [0.29, 0.717) is 6.54 Å². The fraction of sp³-hybridized carbons (Fsp3) is 0.500. The highest BCUT2D eigenvalue weighted by Crippen LogP contribution is 2.27. The third-order valence-corrected chi connectivity index (χ3v) is 3.20. The standard InChI is InChI=1S/C14H19F2N3/c1-3-19-8-7-17-13(19)18-10-11-5-4-6-12(9-11)14(2,15)16/h4-6,9H,3,7-8,10H2,1-2H3,(H,17,18). The molecule has 0 aliphatic carbocycles. The van der Waals surface area contributed by atoms with E-state index in [-0.39, 0.29) is 5.56 Å². The predicted molar refractivity (Wildman–Crippen MR) is 72.4 cm³/mol. The fourth-order valence-electron chi connectivity index (χ4n) is 2.09. The Bertz CT molecular complexity index is 466. The van der Waals surface area contributed by atoms with Crippen LogP contribution in [0, 0.1) is 0 Å². The van der Waals surface area contributed by atoms with E-state index in [1.165, 1.54) is 6.07 Å². The quantitative estimate of drug-likeness (QED) is 0.908. The third kappa shape index (κ3) is 3.43. The van der Waals surface area contributed by atoms with E-state index in [2.05, 4.69) is 22.1 Å². The first-order valence-corrected chi connectivity index (χ1v) is 6.51. The second-order valence-electron chi connectivity index (χ2n) is 4.73. The lowest BCUT2D eigenvalue weighted by molar-refractivity contribution is 0.0174. The zero-order valence-corrected chi connectivity index (χ0v) is 11.3. The highest BCUT2D eigenvalue weighted by atomic mass is 19.3. The molecule has 2 rings (SSSR count). The number of guanidine groups is 1. The van der Waals surface area contributed by atoms with Crippen LogP contribution in [-0.2, 0) is 12.5 Å². The summed E-state index contributed by atoms with van der Waals surface area (Å²) in [4.78, 5) is 6.49. The molecule has 1 aromatic rings. The number of hydrogen-bond acceptors (Lipinski definition) is 3. The van der Waals surface area contributed by atoms with Crippen LogP contribution >= 0.6 is 0 Å². The van der Waals surface area contributed by atoms with Crippen LogP contribution in [0.3, 0.4) is 0 Å². The van der Waals surface area contributed by atoms with Crippen molar-refractivity contribution in [3.8, 4) is 0 Å². The molecule has 104 valence electrons. The molecule has 0 atom stereocenters. The Morgan fingerprint density at radius 2 is 2.21 bits per heavy atom. The Kier molecular flexibility index (Phi) is 4.02. The normalized spacial score (nSPS) is 15.6. The maximum atomic E-state index is 13.2. The van der Waals surface area contributed by atoms with Crippen LogP contribution in [0.4, 0.5) is 8.78 Å². The molecule has 0 aromatic heterocycles. The number of likely N-dealkylation sites (N-methyl/N-ethyl adjacent to an activating group) is 1. The van der Waals surface area contributed by atoms with Crippen molar-refractivity contribution in [1.82, 2.24) is 10.2 Å². The van der Waals surface area contributed by atoms with Gasteiger partial charge in [0.25, 0.3) is 5.92 Å². The first kappa shape index (κ1) is 13.8. The molecule has 1 aliphatic rings. The van der Waals surface area contributed by atoms with Gasteiger partial charge in [-0.25, -0.2) is 8.78 Å². The van der Waals surface area contributed by atoms with Crippen LogP contribution in [0.25, 0.3) is 0 Å². The molecule has 0 radical (unpaired) electrons. The van der Waals surface area contributed by atoms with Gasteiger partial charge in [0, 0.05) is 32.1 Å². The Morgan fingerprint density at radius 3 is 2.89 bits per heavy atom. The maximum Gasteiger partial charge on any atom is 0.270 e. The van der Waals surface area contributed by atoms with E-state index in [1.807, 2.05) is 6.07 Å². The second kappa shape index (κ2) is 5.55. The summed E-state index contributed by atoms with van der Waals surface area (Å²) < 4.78 is 26.5. The van der Waals surface area contributed by atoms with E-state index in [9.17, 15) is 8.78 Å². The number of benzene rings is 1. The van der Waals surface area contributed by atoms with Crippen LogP contribution in [0.2, 0.25) is 0 Å². The number of rotatable bonds is 4. The summed E-state index contributed by atoms with van der Waals surface area (Å²) in [5.41, 5.74) is 0.886. The molecule has 1 aromatic carbocycles.